The largest absolute Gasteiger partial charge is 0.497 e. The van der Waals surface area contributed by atoms with Crippen LogP contribution in [0.25, 0.3) is 11.3 Å². The van der Waals surface area contributed by atoms with Gasteiger partial charge in [-0.2, -0.15) is 0 Å². The first kappa shape index (κ1) is 15.8. The summed E-state index contributed by atoms with van der Waals surface area (Å²) in [5.41, 5.74) is 5.80. The van der Waals surface area contributed by atoms with E-state index in [1.165, 1.54) is 21.7 Å². The molecule has 0 atom stereocenters. The molecule has 1 aromatic heterocycles. The van der Waals surface area contributed by atoms with Gasteiger partial charge in [0.1, 0.15) is 5.75 Å². The van der Waals surface area contributed by atoms with E-state index >= 15 is 0 Å². The Morgan fingerprint density at radius 1 is 1.16 bits per heavy atom. The number of hydrogen-bond donors (Lipinski definition) is 0. The summed E-state index contributed by atoms with van der Waals surface area (Å²) < 4.78 is 5.31. The Morgan fingerprint density at radius 3 is 2.68 bits per heavy atom. The minimum Gasteiger partial charge on any atom is -0.497 e. The van der Waals surface area contributed by atoms with Crippen molar-refractivity contribution in [3.05, 3.63) is 58.5 Å². The van der Waals surface area contributed by atoms with Gasteiger partial charge in [-0.1, -0.05) is 23.5 Å². The maximum Gasteiger partial charge on any atom is 0.209 e. The van der Waals surface area contributed by atoms with Gasteiger partial charge in [0.2, 0.25) is 5.13 Å². The average Bonchev–Trinajstić information content (AvgIpc) is 3.16. The molecule has 0 saturated heterocycles. The Bertz CT molecular complexity index is 942. The standard InChI is InChI=1S/C20H19N3OS/c1-23(2)15-6-4-13(5-7-15)12-21-20-22-19-17-9-8-16(24-3)10-14(17)11-18(19)25-20/h4-10,12H,11H2,1-3H3. The van der Waals surface area contributed by atoms with Crippen LogP contribution >= 0.6 is 11.3 Å². The fraction of sp³-hybridized carbons (Fsp3) is 0.200. The molecular formula is C20H19N3OS. The maximum atomic E-state index is 5.31. The summed E-state index contributed by atoms with van der Waals surface area (Å²) in [4.78, 5) is 12.6. The Labute approximate surface area is 151 Å². The number of nitrogens with zero attached hydrogens (tertiary/aromatic N) is 3. The van der Waals surface area contributed by atoms with Gasteiger partial charge < -0.3 is 9.64 Å². The van der Waals surface area contributed by atoms with Gasteiger partial charge in [0.05, 0.1) is 12.8 Å². The van der Waals surface area contributed by atoms with Crippen molar-refractivity contribution < 1.29 is 4.74 Å². The summed E-state index contributed by atoms with van der Waals surface area (Å²) >= 11 is 1.66. The predicted molar refractivity (Wildman–Crippen MR) is 105 cm³/mol. The quantitative estimate of drug-likeness (QED) is 0.508. The SMILES string of the molecule is COc1ccc2c(c1)Cc1sc(N=Cc3ccc(N(C)C)cc3)nc1-2. The second-order valence-corrected chi connectivity index (χ2v) is 7.27. The second-order valence-electron chi connectivity index (χ2n) is 6.21. The number of ether oxygens (including phenoxy) is 1. The van der Waals surface area contributed by atoms with E-state index in [4.69, 9.17) is 9.72 Å². The minimum atomic E-state index is 0.808. The van der Waals surface area contributed by atoms with E-state index in [-0.39, 0.29) is 0 Å². The lowest BCUT2D eigenvalue weighted by atomic mass is 10.1. The topological polar surface area (TPSA) is 37.7 Å². The molecule has 1 heterocycles. The van der Waals surface area contributed by atoms with Crippen molar-refractivity contribution in [2.24, 2.45) is 4.99 Å². The molecule has 0 bridgehead atoms. The number of thiazole rings is 1. The number of hydrogen-bond acceptors (Lipinski definition) is 5. The molecule has 0 saturated carbocycles. The Morgan fingerprint density at radius 2 is 1.96 bits per heavy atom. The van der Waals surface area contributed by atoms with Gasteiger partial charge in [-0.25, -0.2) is 9.98 Å². The van der Waals surface area contributed by atoms with Crippen LogP contribution in [0.3, 0.4) is 0 Å². The number of fused-ring (bicyclic) bond motifs is 3. The lowest BCUT2D eigenvalue weighted by Gasteiger charge is -2.11. The first-order valence-electron chi connectivity index (χ1n) is 8.12. The molecule has 5 heteroatoms. The number of aromatic nitrogens is 1. The molecule has 25 heavy (non-hydrogen) atoms. The van der Waals surface area contributed by atoms with Gasteiger partial charge in [-0.05, 0) is 41.5 Å². The highest BCUT2D eigenvalue weighted by atomic mass is 32.1. The number of anilines is 1. The summed E-state index contributed by atoms with van der Waals surface area (Å²) in [6, 6.07) is 14.5. The monoisotopic (exact) mass is 349 g/mol. The van der Waals surface area contributed by atoms with Gasteiger partial charge >= 0.3 is 0 Å². The minimum absolute atomic E-state index is 0.808. The Hall–Kier alpha value is -2.66. The smallest absolute Gasteiger partial charge is 0.209 e. The third kappa shape index (κ3) is 3.03. The molecule has 0 spiro atoms. The van der Waals surface area contributed by atoms with Crippen LogP contribution in [0.5, 0.6) is 5.75 Å². The number of aliphatic imine (C=N–C) groups is 1. The molecule has 0 unspecified atom stereocenters. The van der Waals surface area contributed by atoms with Crippen molar-refractivity contribution in [2.45, 2.75) is 6.42 Å². The van der Waals surface area contributed by atoms with Crippen LogP contribution in [-0.2, 0) is 6.42 Å². The molecule has 0 aliphatic heterocycles. The van der Waals surface area contributed by atoms with Gasteiger partial charge in [0, 0.05) is 42.9 Å². The van der Waals surface area contributed by atoms with E-state index in [2.05, 4.69) is 46.3 Å². The fourth-order valence-electron chi connectivity index (χ4n) is 2.96. The van der Waals surface area contributed by atoms with Crippen LogP contribution in [0, 0.1) is 0 Å². The number of benzene rings is 2. The molecule has 1 aliphatic rings. The fourth-order valence-corrected chi connectivity index (χ4v) is 3.90. The van der Waals surface area contributed by atoms with Gasteiger partial charge in [-0.15, -0.1) is 0 Å². The number of methoxy groups -OCH3 is 1. The second kappa shape index (κ2) is 6.33. The normalized spacial score (nSPS) is 12.3. The van der Waals surface area contributed by atoms with Crippen molar-refractivity contribution in [3.63, 3.8) is 0 Å². The van der Waals surface area contributed by atoms with Crippen LogP contribution in [0.2, 0.25) is 0 Å². The molecule has 4 nitrogen and oxygen atoms in total. The zero-order valence-corrected chi connectivity index (χ0v) is 15.3. The third-order valence-corrected chi connectivity index (χ3v) is 5.30. The lowest BCUT2D eigenvalue weighted by Crippen LogP contribution is -2.08. The Kier molecular flexibility index (Phi) is 4.01. The summed E-state index contributed by atoms with van der Waals surface area (Å²) in [5, 5.41) is 0.808. The molecule has 0 N–H and O–H groups in total. The summed E-state index contributed by atoms with van der Waals surface area (Å²) in [5.74, 6) is 0.897. The van der Waals surface area contributed by atoms with E-state index in [1.54, 1.807) is 18.4 Å². The molecule has 4 rings (SSSR count). The van der Waals surface area contributed by atoms with E-state index in [9.17, 15) is 0 Å². The average molecular weight is 349 g/mol. The highest BCUT2D eigenvalue weighted by Gasteiger charge is 2.23. The van der Waals surface area contributed by atoms with E-state index in [0.29, 0.717) is 0 Å². The van der Waals surface area contributed by atoms with Gasteiger partial charge in [0.15, 0.2) is 0 Å². The van der Waals surface area contributed by atoms with Crippen molar-refractivity contribution >= 4 is 28.4 Å². The van der Waals surface area contributed by atoms with Crippen LogP contribution < -0.4 is 9.64 Å². The molecule has 0 amide bonds. The molecule has 126 valence electrons. The molecule has 0 radical (unpaired) electrons. The first-order valence-corrected chi connectivity index (χ1v) is 8.94. The molecule has 2 aromatic carbocycles. The van der Waals surface area contributed by atoms with Crippen molar-refractivity contribution in [1.29, 1.82) is 0 Å². The van der Waals surface area contributed by atoms with Crippen molar-refractivity contribution in [1.82, 2.24) is 4.98 Å². The highest BCUT2D eigenvalue weighted by molar-refractivity contribution is 7.15. The highest BCUT2D eigenvalue weighted by Crippen LogP contribution is 2.42. The van der Waals surface area contributed by atoms with Crippen LogP contribution in [0.4, 0.5) is 10.8 Å². The summed E-state index contributed by atoms with van der Waals surface area (Å²) in [6.45, 7) is 0. The summed E-state index contributed by atoms with van der Waals surface area (Å²) in [6.07, 6.45) is 2.79. The van der Waals surface area contributed by atoms with Crippen molar-refractivity contribution in [2.75, 3.05) is 26.1 Å². The van der Waals surface area contributed by atoms with E-state index < -0.39 is 0 Å². The lowest BCUT2D eigenvalue weighted by molar-refractivity contribution is 0.414. The molecule has 0 fully saturated rings. The third-order valence-electron chi connectivity index (χ3n) is 4.34. The molecular weight excluding hydrogens is 330 g/mol. The zero-order valence-electron chi connectivity index (χ0n) is 14.5. The molecule has 1 aliphatic carbocycles. The van der Waals surface area contributed by atoms with Crippen molar-refractivity contribution in [3.8, 4) is 17.0 Å². The van der Waals surface area contributed by atoms with Gasteiger partial charge in [-0.3, -0.25) is 0 Å². The van der Waals surface area contributed by atoms with E-state index in [0.717, 1.165) is 28.6 Å². The number of rotatable bonds is 4. The van der Waals surface area contributed by atoms with Crippen LogP contribution in [0.1, 0.15) is 16.0 Å². The molecule has 3 aromatic rings. The van der Waals surface area contributed by atoms with Crippen LogP contribution in [-0.4, -0.2) is 32.4 Å². The first-order chi connectivity index (χ1) is 12.1. The zero-order chi connectivity index (χ0) is 17.4. The maximum absolute atomic E-state index is 5.31. The van der Waals surface area contributed by atoms with E-state index in [1.807, 2.05) is 26.4 Å². The van der Waals surface area contributed by atoms with Gasteiger partial charge in [0.25, 0.3) is 0 Å². The summed E-state index contributed by atoms with van der Waals surface area (Å²) in [7, 11) is 5.77. The Balaban J connectivity index is 1.56. The van der Waals surface area contributed by atoms with Crippen LogP contribution in [0.15, 0.2) is 47.5 Å². The predicted octanol–water partition coefficient (Wildman–Crippen LogP) is 4.54.